The van der Waals surface area contributed by atoms with Gasteiger partial charge in [-0.2, -0.15) is 4.98 Å². The lowest BCUT2D eigenvalue weighted by molar-refractivity contribution is 0.191. The standard InChI is InChI=1S/C23H22F2N4O5/c1-27-20-19(21(31)28(23(27)32)11-2-12-30)29(13-15-3-5-16(25)6-4-15)22(26-20)34-18-9-7-17(8-10-18)33-14-24/h3-10,30H,2,11-14H2,1H3. The van der Waals surface area contributed by atoms with Gasteiger partial charge >= 0.3 is 11.7 Å². The third kappa shape index (κ3) is 4.55. The second kappa shape index (κ2) is 9.87. The molecule has 2 heterocycles. The fourth-order valence-corrected chi connectivity index (χ4v) is 3.55. The molecule has 0 aliphatic heterocycles. The molecule has 1 N–H and O–H groups in total. The molecule has 11 heteroatoms. The number of rotatable bonds is 9. The van der Waals surface area contributed by atoms with E-state index in [1.165, 1.54) is 40.4 Å². The molecule has 4 rings (SSSR count). The van der Waals surface area contributed by atoms with E-state index in [4.69, 9.17) is 14.6 Å². The molecule has 0 amide bonds. The Morgan fingerprint density at radius 3 is 2.32 bits per heavy atom. The topological polar surface area (TPSA) is 101 Å². The number of aryl methyl sites for hydroxylation is 1. The highest BCUT2D eigenvalue weighted by atomic mass is 19.1. The SMILES string of the molecule is Cn1c(=O)n(CCCO)c(=O)c2c1nc(Oc1ccc(OCF)cc1)n2Cc1ccc(F)cc1. The van der Waals surface area contributed by atoms with Crippen molar-refractivity contribution in [2.24, 2.45) is 7.05 Å². The van der Waals surface area contributed by atoms with Gasteiger partial charge in [0, 0.05) is 20.2 Å². The van der Waals surface area contributed by atoms with Crippen LogP contribution in [0.5, 0.6) is 17.5 Å². The molecule has 0 saturated carbocycles. The highest BCUT2D eigenvalue weighted by molar-refractivity contribution is 5.72. The number of aromatic nitrogens is 4. The summed E-state index contributed by atoms with van der Waals surface area (Å²) in [5, 5.41) is 9.16. The first-order valence-electron chi connectivity index (χ1n) is 10.4. The monoisotopic (exact) mass is 472 g/mol. The minimum absolute atomic E-state index is 0.0329. The van der Waals surface area contributed by atoms with E-state index in [2.05, 4.69) is 4.98 Å². The van der Waals surface area contributed by atoms with E-state index in [1.54, 1.807) is 24.3 Å². The molecule has 2 aromatic heterocycles. The molecule has 2 aromatic carbocycles. The predicted octanol–water partition coefficient (Wildman–Crippen LogP) is 2.56. The summed E-state index contributed by atoms with van der Waals surface area (Å²) in [4.78, 5) is 30.4. The van der Waals surface area contributed by atoms with Crippen molar-refractivity contribution >= 4 is 11.2 Å². The molecular formula is C23H22F2N4O5. The molecule has 0 atom stereocenters. The molecule has 0 bridgehead atoms. The number of aliphatic hydroxyl groups excluding tert-OH is 1. The molecule has 178 valence electrons. The quantitative estimate of drug-likeness (QED) is 0.402. The number of alkyl halides is 1. The molecule has 4 aromatic rings. The Bertz CT molecular complexity index is 1410. The Labute approximate surface area is 192 Å². The molecule has 0 aliphatic carbocycles. The first-order chi connectivity index (χ1) is 16.4. The number of benzene rings is 2. The van der Waals surface area contributed by atoms with Crippen LogP contribution in [0.25, 0.3) is 11.2 Å². The summed E-state index contributed by atoms with van der Waals surface area (Å²) in [6.45, 7) is -1.00. The average Bonchev–Trinajstić information content (AvgIpc) is 3.18. The highest BCUT2D eigenvalue weighted by Crippen LogP contribution is 2.27. The van der Waals surface area contributed by atoms with Gasteiger partial charge in [-0.05, 0) is 48.4 Å². The Kier molecular flexibility index (Phi) is 6.73. The van der Waals surface area contributed by atoms with Gasteiger partial charge in [-0.25, -0.2) is 13.6 Å². The average molecular weight is 472 g/mol. The zero-order valence-corrected chi connectivity index (χ0v) is 18.3. The number of hydrogen-bond acceptors (Lipinski definition) is 6. The van der Waals surface area contributed by atoms with Crippen LogP contribution >= 0.6 is 0 Å². The molecule has 0 radical (unpaired) electrons. The zero-order chi connectivity index (χ0) is 24.2. The van der Waals surface area contributed by atoms with Crippen molar-refractivity contribution in [2.75, 3.05) is 13.5 Å². The summed E-state index contributed by atoms with van der Waals surface area (Å²) in [6.07, 6.45) is 0.226. The van der Waals surface area contributed by atoms with Gasteiger partial charge in [0.05, 0.1) is 6.54 Å². The zero-order valence-electron chi connectivity index (χ0n) is 18.3. The molecule has 34 heavy (non-hydrogen) atoms. The van der Waals surface area contributed by atoms with Gasteiger partial charge in [-0.15, -0.1) is 0 Å². The fourth-order valence-electron chi connectivity index (χ4n) is 3.55. The van der Waals surface area contributed by atoms with E-state index in [0.29, 0.717) is 17.1 Å². The Hall–Kier alpha value is -3.99. The van der Waals surface area contributed by atoms with E-state index in [-0.39, 0.29) is 43.3 Å². The third-order valence-electron chi connectivity index (χ3n) is 5.25. The van der Waals surface area contributed by atoms with Gasteiger partial charge < -0.3 is 14.6 Å². The maximum atomic E-state index is 13.4. The van der Waals surface area contributed by atoms with E-state index >= 15 is 0 Å². The van der Waals surface area contributed by atoms with Gasteiger partial charge in [0.25, 0.3) is 5.56 Å². The predicted molar refractivity (Wildman–Crippen MR) is 120 cm³/mol. The van der Waals surface area contributed by atoms with Gasteiger partial charge in [-0.3, -0.25) is 18.5 Å². The Morgan fingerprint density at radius 1 is 1.00 bits per heavy atom. The summed E-state index contributed by atoms with van der Waals surface area (Å²) < 4.78 is 40.3. The first kappa shape index (κ1) is 23.2. The van der Waals surface area contributed by atoms with Crippen molar-refractivity contribution in [3.63, 3.8) is 0 Å². The molecule has 0 aliphatic rings. The van der Waals surface area contributed by atoms with Crippen molar-refractivity contribution in [1.82, 2.24) is 18.7 Å². The van der Waals surface area contributed by atoms with Gasteiger partial charge in [-0.1, -0.05) is 12.1 Å². The third-order valence-corrected chi connectivity index (χ3v) is 5.25. The maximum Gasteiger partial charge on any atom is 0.332 e. The summed E-state index contributed by atoms with van der Waals surface area (Å²) in [7, 11) is 1.49. The van der Waals surface area contributed by atoms with Crippen LogP contribution in [-0.2, 0) is 20.1 Å². The minimum atomic E-state index is -0.968. The van der Waals surface area contributed by atoms with Crippen LogP contribution in [0.1, 0.15) is 12.0 Å². The number of nitrogens with zero attached hydrogens (tertiary/aromatic N) is 4. The molecule has 0 unspecified atom stereocenters. The van der Waals surface area contributed by atoms with Gasteiger partial charge in [0.1, 0.15) is 17.3 Å². The number of imidazole rings is 1. The molecule has 0 fully saturated rings. The Balaban J connectivity index is 1.86. The lowest BCUT2D eigenvalue weighted by Crippen LogP contribution is -2.39. The number of halogens is 2. The summed E-state index contributed by atoms with van der Waals surface area (Å²) in [5.74, 6) is 0.247. The lowest BCUT2D eigenvalue weighted by atomic mass is 10.2. The van der Waals surface area contributed by atoms with Crippen LogP contribution in [0, 0.1) is 5.82 Å². The maximum absolute atomic E-state index is 13.4. The van der Waals surface area contributed by atoms with Crippen molar-refractivity contribution in [3.8, 4) is 17.5 Å². The van der Waals surface area contributed by atoms with Gasteiger partial charge in [0.2, 0.25) is 6.86 Å². The fraction of sp³-hybridized carbons (Fsp3) is 0.261. The van der Waals surface area contributed by atoms with E-state index in [9.17, 15) is 18.4 Å². The van der Waals surface area contributed by atoms with Crippen molar-refractivity contribution in [1.29, 1.82) is 0 Å². The normalized spacial score (nSPS) is 11.2. The first-order valence-corrected chi connectivity index (χ1v) is 10.4. The van der Waals surface area contributed by atoms with Crippen LogP contribution in [0.3, 0.4) is 0 Å². The largest absolute Gasteiger partial charge is 0.463 e. The molecule has 0 saturated heterocycles. The van der Waals surface area contributed by atoms with Crippen molar-refractivity contribution in [2.45, 2.75) is 19.5 Å². The van der Waals surface area contributed by atoms with E-state index in [0.717, 1.165) is 4.57 Å². The summed E-state index contributed by atoms with van der Waals surface area (Å²) >= 11 is 0. The number of ether oxygens (including phenoxy) is 2. The second-order valence-electron chi connectivity index (χ2n) is 7.48. The summed E-state index contributed by atoms with van der Waals surface area (Å²) in [5.41, 5.74) is -0.242. The summed E-state index contributed by atoms with van der Waals surface area (Å²) in [6, 6.07) is 11.9. The lowest BCUT2D eigenvalue weighted by Gasteiger charge is -2.11. The smallest absolute Gasteiger partial charge is 0.332 e. The number of fused-ring (bicyclic) bond motifs is 1. The molecule has 9 nitrogen and oxygen atoms in total. The number of aliphatic hydroxyl groups is 1. The molecule has 0 spiro atoms. The van der Waals surface area contributed by atoms with Crippen molar-refractivity contribution in [3.05, 3.63) is 80.7 Å². The molecular weight excluding hydrogens is 450 g/mol. The van der Waals surface area contributed by atoms with E-state index in [1.807, 2.05) is 0 Å². The van der Waals surface area contributed by atoms with Crippen molar-refractivity contribution < 1.29 is 23.4 Å². The van der Waals surface area contributed by atoms with Crippen LogP contribution in [0.4, 0.5) is 8.78 Å². The second-order valence-corrected chi connectivity index (χ2v) is 7.48. The van der Waals surface area contributed by atoms with Crippen LogP contribution < -0.4 is 20.7 Å². The highest BCUT2D eigenvalue weighted by Gasteiger charge is 2.22. The van der Waals surface area contributed by atoms with Crippen LogP contribution in [0.15, 0.2) is 58.1 Å². The Morgan fingerprint density at radius 2 is 1.68 bits per heavy atom. The minimum Gasteiger partial charge on any atom is -0.463 e. The van der Waals surface area contributed by atoms with E-state index < -0.39 is 23.9 Å². The van der Waals surface area contributed by atoms with Crippen LogP contribution in [-0.4, -0.2) is 37.3 Å². The van der Waals surface area contributed by atoms with Gasteiger partial charge in [0.15, 0.2) is 11.2 Å². The van der Waals surface area contributed by atoms with Crippen LogP contribution in [0.2, 0.25) is 0 Å². The number of hydrogen-bond donors (Lipinski definition) is 1.